The number of nitrogens with zero attached hydrogens (tertiary/aromatic N) is 1. The number of likely N-dealkylation sites (N-methyl/N-ethyl adjacent to an activating group) is 1. The van der Waals surface area contributed by atoms with Crippen molar-refractivity contribution in [3.63, 3.8) is 0 Å². The van der Waals surface area contributed by atoms with Gasteiger partial charge in [-0.25, -0.2) is 0 Å². The third-order valence-corrected chi connectivity index (χ3v) is 3.31. The fourth-order valence-corrected chi connectivity index (χ4v) is 1.93. The zero-order chi connectivity index (χ0) is 9.68. The third-order valence-electron chi connectivity index (χ3n) is 3.31. The summed E-state index contributed by atoms with van der Waals surface area (Å²) in [4.78, 5) is 2.39. The molecule has 1 N–H and O–H groups in total. The second-order valence-electron chi connectivity index (χ2n) is 4.31. The largest absolute Gasteiger partial charge is 0.312 e. The molecule has 0 aromatic carbocycles. The predicted octanol–water partition coefficient (Wildman–Crippen LogP) is 1.86. The second-order valence-corrected chi connectivity index (χ2v) is 4.31. The summed E-state index contributed by atoms with van der Waals surface area (Å²) in [5.74, 6) is 0. The van der Waals surface area contributed by atoms with Gasteiger partial charge in [-0.2, -0.15) is 0 Å². The van der Waals surface area contributed by atoms with Gasteiger partial charge in [-0.15, -0.1) is 0 Å². The summed E-state index contributed by atoms with van der Waals surface area (Å²) in [5, 5.41) is 3.65. The van der Waals surface area contributed by atoms with Crippen LogP contribution in [0.2, 0.25) is 0 Å². The van der Waals surface area contributed by atoms with E-state index in [0.717, 1.165) is 19.1 Å². The molecule has 2 nitrogen and oxygen atoms in total. The Hall–Kier alpha value is -0.0800. The minimum absolute atomic E-state index is 0.672. The van der Waals surface area contributed by atoms with E-state index in [1.807, 2.05) is 0 Å². The first-order chi connectivity index (χ1) is 6.24. The van der Waals surface area contributed by atoms with Crippen LogP contribution in [-0.2, 0) is 0 Å². The highest BCUT2D eigenvalue weighted by Gasteiger charge is 2.15. The minimum Gasteiger partial charge on any atom is -0.312 e. The first kappa shape index (κ1) is 11.0. The fraction of sp³-hybridized carbons (Fsp3) is 1.00. The molecule has 0 spiro atoms. The van der Waals surface area contributed by atoms with Crippen LogP contribution < -0.4 is 5.32 Å². The van der Waals surface area contributed by atoms with Crippen LogP contribution in [0.5, 0.6) is 0 Å². The molecule has 1 saturated carbocycles. The zero-order valence-corrected chi connectivity index (χ0v) is 9.34. The Labute approximate surface area is 82.7 Å². The molecule has 0 aliphatic heterocycles. The van der Waals surface area contributed by atoms with Crippen molar-refractivity contribution in [3.8, 4) is 0 Å². The fourth-order valence-electron chi connectivity index (χ4n) is 1.93. The van der Waals surface area contributed by atoms with E-state index in [2.05, 4.69) is 31.1 Å². The van der Waals surface area contributed by atoms with E-state index in [1.165, 1.54) is 25.7 Å². The van der Waals surface area contributed by atoms with Crippen LogP contribution in [-0.4, -0.2) is 37.1 Å². The topological polar surface area (TPSA) is 15.3 Å². The van der Waals surface area contributed by atoms with Crippen LogP contribution >= 0.6 is 0 Å². The van der Waals surface area contributed by atoms with Crippen molar-refractivity contribution in [2.75, 3.05) is 20.1 Å². The summed E-state index contributed by atoms with van der Waals surface area (Å²) in [6, 6.07) is 1.48. The van der Waals surface area contributed by atoms with E-state index in [9.17, 15) is 0 Å². The average Bonchev–Trinajstić information content (AvgIpc) is 2.65. The lowest BCUT2D eigenvalue weighted by atomic mass is 10.2. The highest BCUT2D eigenvalue weighted by molar-refractivity contribution is 4.76. The van der Waals surface area contributed by atoms with Crippen LogP contribution in [0.25, 0.3) is 0 Å². The van der Waals surface area contributed by atoms with Gasteiger partial charge in [0.15, 0.2) is 0 Å². The Bertz CT molecular complexity index is 130. The molecular weight excluding hydrogens is 160 g/mol. The van der Waals surface area contributed by atoms with Crippen LogP contribution in [0.1, 0.15) is 39.5 Å². The van der Waals surface area contributed by atoms with Crippen LogP contribution in [0, 0.1) is 0 Å². The first-order valence-corrected chi connectivity index (χ1v) is 5.67. The third kappa shape index (κ3) is 3.65. The lowest BCUT2D eigenvalue weighted by molar-refractivity contribution is 0.256. The molecule has 1 unspecified atom stereocenters. The lowest BCUT2D eigenvalue weighted by Gasteiger charge is -2.25. The number of hydrogen-bond acceptors (Lipinski definition) is 2. The Morgan fingerprint density at radius 3 is 2.54 bits per heavy atom. The van der Waals surface area contributed by atoms with Gasteiger partial charge in [-0.1, -0.05) is 19.8 Å². The Kier molecular flexibility index (Phi) is 4.74. The maximum Gasteiger partial charge on any atom is 0.0189 e. The maximum atomic E-state index is 3.65. The van der Waals surface area contributed by atoms with Crippen LogP contribution in [0.4, 0.5) is 0 Å². The molecule has 1 aliphatic rings. The van der Waals surface area contributed by atoms with E-state index in [-0.39, 0.29) is 0 Å². The molecule has 1 rings (SSSR count). The molecule has 0 amide bonds. The first-order valence-electron chi connectivity index (χ1n) is 5.67. The van der Waals surface area contributed by atoms with E-state index in [4.69, 9.17) is 0 Å². The monoisotopic (exact) mass is 184 g/mol. The molecule has 1 aliphatic carbocycles. The van der Waals surface area contributed by atoms with Crippen molar-refractivity contribution in [1.29, 1.82) is 0 Å². The van der Waals surface area contributed by atoms with E-state index < -0.39 is 0 Å². The number of rotatable bonds is 5. The predicted molar refractivity (Wildman–Crippen MR) is 58.0 cm³/mol. The Morgan fingerprint density at radius 2 is 2.00 bits per heavy atom. The van der Waals surface area contributed by atoms with Crippen molar-refractivity contribution in [1.82, 2.24) is 10.2 Å². The Morgan fingerprint density at radius 1 is 1.38 bits per heavy atom. The van der Waals surface area contributed by atoms with Gasteiger partial charge in [-0.05, 0) is 33.4 Å². The SMILES string of the molecule is CCN(C)C(C)CNC1CCCC1. The van der Waals surface area contributed by atoms with E-state index >= 15 is 0 Å². The molecule has 0 saturated heterocycles. The van der Waals surface area contributed by atoms with Gasteiger partial charge in [-0.3, -0.25) is 0 Å². The van der Waals surface area contributed by atoms with Crippen molar-refractivity contribution in [2.24, 2.45) is 0 Å². The molecule has 1 atom stereocenters. The molecule has 0 radical (unpaired) electrons. The summed E-state index contributed by atoms with van der Waals surface area (Å²) < 4.78 is 0. The standard InChI is InChI=1S/C11H24N2/c1-4-13(3)10(2)9-12-11-7-5-6-8-11/h10-12H,4-9H2,1-3H3. The van der Waals surface area contributed by atoms with Crippen molar-refractivity contribution >= 4 is 0 Å². The van der Waals surface area contributed by atoms with Gasteiger partial charge in [0.2, 0.25) is 0 Å². The van der Waals surface area contributed by atoms with Gasteiger partial charge >= 0.3 is 0 Å². The normalized spacial score (nSPS) is 21.2. The molecule has 78 valence electrons. The van der Waals surface area contributed by atoms with Crippen molar-refractivity contribution in [3.05, 3.63) is 0 Å². The van der Waals surface area contributed by atoms with E-state index in [1.54, 1.807) is 0 Å². The van der Waals surface area contributed by atoms with Gasteiger partial charge in [0.05, 0.1) is 0 Å². The highest BCUT2D eigenvalue weighted by atomic mass is 15.1. The molecule has 0 aromatic rings. The molecule has 0 bridgehead atoms. The minimum atomic E-state index is 0.672. The van der Waals surface area contributed by atoms with Crippen LogP contribution in [0.15, 0.2) is 0 Å². The van der Waals surface area contributed by atoms with Gasteiger partial charge in [0.1, 0.15) is 0 Å². The molecule has 13 heavy (non-hydrogen) atoms. The van der Waals surface area contributed by atoms with Crippen LogP contribution in [0.3, 0.4) is 0 Å². The maximum absolute atomic E-state index is 3.65. The molecular formula is C11H24N2. The zero-order valence-electron chi connectivity index (χ0n) is 9.34. The molecule has 2 heteroatoms. The highest BCUT2D eigenvalue weighted by Crippen LogP contribution is 2.17. The van der Waals surface area contributed by atoms with E-state index in [0.29, 0.717) is 6.04 Å². The summed E-state index contributed by atoms with van der Waals surface area (Å²) >= 11 is 0. The van der Waals surface area contributed by atoms with Gasteiger partial charge < -0.3 is 10.2 Å². The summed E-state index contributed by atoms with van der Waals surface area (Å²) in [7, 11) is 2.20. The smallest absolute Gasteiger partial charge is 0.0189 e. The molecule has 1 fully saturated rings. The second kappa shape index (κ2) is 5.61. The number of nitrogens with one attached hydrogen (secondary N) is 1. The quantitative estimate of drug-likeness (QED) is 0.701. The van der Waals surface area contributed by atoms with Crippen molar-refractivity contribution in [2.45, 2.75) is 51.6 Å². The summed E-state index contributed by atoms with van der Waals surface area (Å²) in [5.41, 5.74) is 0. The number of hydrogen-bond donors (Lipinski definition) is 1. The van der Waals surface area contributed by atoms with Crippen molar-refractivity contribution < 1.29 is 0 Å². The van der Waals surface area contributed by atoms with Gasteiger partial charge in [0, 0.05) is 18.6 Å². The average molecular weight is 184 g/mol. The molecule has 0 heterocycles. The summed E-state index contributed by atoms with van der Waals surface area (Å²) in [6.07, 6.45) is 5.64. The van der Waals surface area contributed by atoms with Gasteiger partial charge in [0.25, 0.3) is 0 Å². The molecule has 0 aromatic heterocycles. The lowest BCUT2D eigenvalue weighted by Crippen LogP contribution is -2.40. The Balaban J connectivity index is 2.10. The summed E-state index contributed by atoms with van der Waals surface area (Å²) in [6.45, 7) is 6.81.